The standard InChI is InChI=1S/C18H26O2/c1-13-9-14(2)11-18(19,10-13)12-17-16-6-4-3-5-15(16)7-8-20-17/h3-6,13-14,17,19H,7-12H2,1-2H3. The Morgan fingerprint density at radius 1 is 1.20 bits per heavy atom. The molecule has 2 heteroatoms. The number of hydrogen-bond acceptors (Lipinski definition) is 2. The van der Waals surface area contributed by atoms with Crippen LogP contribution in [0.1, 0.15) is 56.8 Å². The fraction of sp³-hybridized carbons (Fsp3) is 0.667. The first-order chi connectivity index (χ1) is 9.56. The van der Waals surface area contributed by atoms with E-state index in [9.17, 15) is 5.11 Å². The second-order valence-electron chi connectivity index (χ2n) is 7.09. The summed E-state index contributed by atoms with van der Waals surface area (Å²) in [6.07, 6.45) is 4.89. The van der Waals surface area contributed by atoms with Crippen molar-refractivity contribution >= 4 is 0 Å². The van der Waals surface area contributed by atoms with Gasteiger partial charge in [-0.2, -0.15) is 0 Å². The summed E-state index contributed by atoms with van der Waals surface area (Å²) in [5.41, 5.74) is 2.13. The van der Waals surface area contributed by atoms with E-state index < -0.39 is 5.60 Å². The molecule has 1 aliphatic carbocycles. The molecule has 20 heavy (non-hydrogen) atoms. The number of benzene rings is 1. The number of hydrogen-bond donors (Lipinski definition) is 1. The molecule has 1 aromatic carbocycles. The molecule has 1 saturated carbocycles. The first-order valence-corrected chi connectivity index (χ1v) is 7.97. The Bertz CT molecular complexity index is 458. The molecule has 0 radical (unpaired) electrons. The zero-order valence-corrected chi connectivity index (χ0v) is 12.6. The van der Waals surface area contributed by atoms with Gasteiger partial charge in [0.1, 0.15) is 0 Å². The average molecular weight is 274 g/mol. The molecule has 0 aromatic heterocycles. The van der Waals surface area contributed by atoms with Crippen LogP contribution in [0.3, 0.4) is 0 Å². The van der Waals surface area contributed by atoms with Crippen molar-refractivity contribution in [1.29, 1.82) is 0 Å². The third kappa shape index (κ3) is 2.91. The normalized spacial score (nSPS) is 37.5. The van der Waals surface area contributed by atoms with Crippen LogP contribution in [0.25, 0.3) is 0 Å². The van der Waals surface area contributed by atoms with Crippen molar-refractivity contribution in [2.75, 3.05) is 6.61 Å². The lowest BCUT2D eigenvalue weighted by Crippen LogP contribution is -2.40. The number of rotatable bonds is 2. The third-order valence-electron chi connectivity index (χ3n) is 4.92. The molecule has 2 aliphatic rings. The Labute approximate surface area is 122 Å². The van der Waals surface area contributed by atoms with Gasteiger partial charge in [0, 0.05) is 6.42 Å². The minimum absolute atomic E-state index is 0.0717. The van der Waals surface area contributed by atoms with Crippen molar-refractivity contribution in [2.45, 2.75) is 57.7 Å². The van der Waals surface area contributed by atoms with Gasteiger partial charge in [0.25, 0.3) is 0 Å². The van der Waals surface area contributed by atoms with Gasteiger partial charge in [-0.05, 0) is 48.6 Å². The van der Waals surface area contributed by atoms with Crippen LogP contribution in [0.4, 0.5) is 0 Å². The van der Waals surface area contributed by atoms with Crippen molar-refractivity contribution in [3.63, 3.8) is 0 Å². The van der Waals surface area contributed by atoms with Crippen LogP contribution in [-0.4, -0.2) is 17.3 Å². The van der Waals surface area contributed by atoms with Crippen LogP contribution in [0, 0.1) is 11.8 Å². The predicted octanol–water partition coefficient (Wildman–Crippen LogP) is 3.88. The molecule has 3 rings (SSSR count). The summed E-state index contributed by atoms with van der Waals surface area (Å²) in [6, 6.07) is 8.54. The van der Waals surface area contributed by atoms with E-state index >= 15 is 0 Å². The number of ether oxygens (including phenoxy) is 1. The monoisotopic (exact) mass is 274 g/mol. The highest BCUT2D eigenvalue weighted by Crippen LogP contribution is 2.43. The Morgan fingerprint density at radius 3 is 2.65 bits per heavy atom. The van der Waals surface area contributed by atoms with E-state index in [-0.39, 0.29) is 6.10 Å². The SMILES string of the molecule is CC1CC(C)CC(O)(CC2OCCc3ccccc32)C1. The summed E-state index contributed by atoms with van der Waals surface area (Å²) in [4.78, 5) is 0. The van der Waals surface area contributed by atoms with Crippen molar-refractivity contribution in [3.05, 3.63) is 35.4 Å². The van der Waals surface area contributed by atoms with Gasteiger partial charge >= 0.3 is 0 Å². The Balaban J connectivity index is 1.78. The zero-order valence-electron chi connectivity index (χ0n) is 12.6. The van der Waals surface area contributed by atoms with Gasteiger partial charge in [0.05, 0.1) is 18.3 Å². The van der Waals surface area contributed by atoms with E-state index in [0.717, 1.165) is 32.3 Å². The van der Waals surface area contributed by atoms with Crippen molar-refractivity contribution in [3.8, 4) is 0 Å². The first kappa shape index (κ1) is 14.1. The molecule has 0 amide bonds. The van der Waals surface area contributed by atoms with Gasteiger partial charge in [-0.25, -0.2) is 0 Å². The first-order valence-electron chi connectivity index (χ1n) is 7.97. The molecule has 1 aromatic rings. The lowest BCUT2D eigenvalue weighted by Gasteiger charge is -2.41. The Kier molecular flexibility index (Phi) is 3.87. The summed E-state index contributed by atoms with van der Waals surface area (Å²) in [6.45, 7) is 5.30. The summed E-state index contributed by atoms with van der Waals surface area (Å²) in [7, 11) is 0. The topological polar surface area (TPSA) is 29.5 Å². The van der Waals surface area contributed by atoms with E-state index in [1.54, 1.807) is 0 Å². The number of aliphatic hydroxyl groups is 1. The fourth-order valence-electron chi connectivity index (χ4n) is 4.39. The van der Waals surface area contributed by atoms with Gasteiger partial charge in [-0.15, -0.1) is 0 Å². The van der Waals surface area contributed by atoms with E-state index in [4.69, 9.17) is 4.74 Å². The average Bonchev–Trinajstić information content (AvgIpc) is 2.37. The van der Waals surface area contributed by atoms with E-state index in [2.05, 4.69) is 38.1 Å². The highest BCUT2D eigenvalue weighted by atomic mass is 16.5. The molecular weight excluding hydrogens is 248 g/mol. The maximum atomic E-state index is 11.0. The zero-order chi connectivity index (χ0) is 14.2. The minimum Gasteiger partial charge on any atom is -0.390 e. The Hall–Kier alpha value is -0.860. The van der Waals surface area contributed by atoms with Crippen molar-refractivity contribution in [1.82, 2.24) is 0 Å². The highest BCUT2D eigenvalue weighted by molar-refractivity contribution is 5.31. The van der Waals surface area contributed by atoms with Crippen LogP contribution in [0.15, 0.2) is 24.3 Å². The van der Waals surface area contributed by atoms with Crippen LogP contribution in [0.2, 0.25) is 0 Å². The third-order valence-corrected chi connectivity index (χ3v) is 4.92. The lowest BCUT2D eigenvalue weighted by atomic mass is 9.71. The van der Waals surface area contributed by atoms with Gasteiger partial charge in [-0.1, -0.05) is 38.1 Å². The van der Waals surface area contributed by atoms with Gasteiger partial charge < -0.3 is 9.84 Å². The second kappa shape index (κ2) is 5.50. The second-order valence-corrected chi connectivity index (χ2v) is 7.09. The number of fused-ring (bicyclic) bond motifs is 1. The van der Waals surface area contributed by atoms with Gasteiger partial charge in [-0.3, -0.25) is 0 Å². The summed E-state index contributed by atoms with van der Waals surface area (Å²) in [5.74, 6) is 1.23. The predicted molar refractivity (Wildman–Crippen MR) is 80.6 cm³/mol. The molecule has 3 unspecified atom stereocenters. The van der Waals surface area contributed by atoms with Crippen LogP contribution in [-0.2, 0) is 11.2 Å². The van der Waals surface area contributed by atoms with E-state index in [1.807, 2.05) is 0 Å². The fourth-order valence-corrected chi connectivity index (χ4v) is 4.39. The molecule has 0 saturated heterocycles. The van der Waals surface area contributed by atoms with Gasteiger partial charge in [0.2, 0.25) is 0 Å². The molecule has 1 N–H and O–H groups in total. The summed E-state index contributed by atoms with van der Waals surface area (Å²) >= 11 is 0. The molecule has 1 aliphatic heterocycles. The molecule has 1 fully saturated rings. The van der Waals surface area contributed by atoms with Gasteiger partial charge in [0.15, 0.2) is 0 Å². The highest BCUT2D eigenvalue weighted by Gasteiger charge is 2.39. The molecule has 110 valence electrons. The van der Waals surface area contributed by atoms with Crippen LogP contribution >= 0.6 is 0 Å². The smallest absolute Gasteiger partial charge is 0.0855 e. The molecule has 0 spiro atoms. The minimum atomic E-state index is -0.549. The molecule has 1 heterocycles. The molecule has 0 bridgehead atoms. The largest absolute Gasteiger partial charge is 0.390 e. The lowest BCUT2D eigenvalue weighted by molar-refractivity contribution is -0.0834. The Morgan fingerprint density at radius 2 is 1.90 bits per heavy atom. The van der Waals surface area contributed by atoms with Crippen molar-refractivity contribution < 1.29 is 9.84 Å². The molecule has 2 nitrogen and oxygen atoms in total. The molecule has 3 atom stereocenters. The van der Waals surface area contributed by atoms with Crippen molar-refractivity contribution in [2.24, 2.45) is 11.8 Å². The quantitative estimate of drug-likeness (QED) is 0.887. The summed E-state index contributed by atoms with van der Waals surface area (Å²) < 4.78 is 5.98. The maximum absolute atomic E-state index is 11.0. The van der Waals surface area contributed by atoms with Crippen LogP contribution < -0.4 is 0 Å². The van der Waals surface area contributed by atoms with E-state index in [0.29, 0.717) is 11.8 Å². The van der Waals surface area contributed by atoms with E-state index in [1.165, 1.54) is 17.5 Å². The van der Waals surface area contributed by atoms with Crippen LogP contribution in [0.5, 0.6) is 0 Å². The molecular formula is C18H26O2. The maximum Gasteiger partial charge on any atom is 0.0855 e. The summed E-state index contributed by atoms with van der Waals surface area (Å²) in [5, 5.41) is 11.0.